The van der Waals surface area contributed by atoms with Gasteiger partial charge in [0.1, 0.15) is 5.75 Å². The number of aliphatic hydroxyl groups excluding tert-OH is 1. The van der Waals surface area contributed by atoms with Crippen LogP contribution in [0.15, 0.2) is 24.3 Å². The van der Waals surface area contributed by atoms with Crippen LogP contribution in [0.25, 0.3) is 0 Å². The molecule has 0 aliphatic carbocycles. The zero-order chi connectivity index (χ0) is 11.5. The maximum absolute atomic E-state index is 9.24. The number of hydrogen-bond acceptors (Lipinski definition) is 3. The Morgan fingerprint density at radius 3 is 2.56 bits per heavy atom. The molecule has 1 atom stereocenters. The van der Waals surface area contributed by atoms with Gasteiger partial charge in [0.15, 0.2) is 0 Å². The smallest absolute Gasteiger partial charge is 0.119 e. The van der Waals surface area contributed by atoms with E-state index in [-0.39, 0.29) is 30.5 Å². The highest BCUT2D eigenvalue weighted by Crippen LogP contribution is 2.31. The summed E-state index contributed by atoms with van der Waals surface area (Å²) in [5.41, 5.74) is 6.74. The maximum Gasteiger partial charge on any atom is 0.119 e. The van der Waals surface area contributed by atoms with Crippen LogP contribution in [0.4, 0.5) is 0 Å². The topological polar surface area (TPSA) is 55.5 Å². The van der Waals surface area contributed by atoms with Crippen molar-refractivity contribution in [2.24, 2.45) is 11.1 Å². The Labute approximate surface area is 103 Å². The molecule has 3 nitrogen and oxygen atoms in total. The van der Waals surface area contributed by atoms with Gasteiger partial charge in [0.05, 0.1) is 7.11 Å². The summed E-state index contributed by atoms with van der Waals surface area (Å²) < 4.78 is 5.13. The summed E-state index contributed by atoms with van der Waals surface area (Å²) in [6.07, 6.45) is 0. The SMILES string of the molecule is COc1cccc([C@H](N)C(C)(C)CO)c1.Cl. The van der Waals surface area contributed by atoms with Crippen LogP contribution in [-0.4, -0.2) is 18.8 Å². The third-order valence-corrected chi connectivity index (χ3v) is 2.70. The van der Waals surface area contributed by atoms with Gasteiger partial charge in [-0.2, -0.15) is 0 Å². The largest absolute Gasteiger partial charge is 0.497 e. The van der Waals surface area contributed by atoms with E-state index in [1.165, 1.54) is 0 Å². The second kappa shape index (κ2) is 6.09. The first-order valence-electron chi connectivity index (χ1n) is 5.01. The van der Waals surface area contributed by atoms with Gasteiger partial charge >= 0.3 is 0 Å². The molecule has 16 heavy (non-hydrogen) atoms. The quantitative estimate of drug-likeness (QED) is 0.855. The fourth-order valence-corrected chi connectivity index (χ4v) is 1.38. The van der Waals surface area contributed by atoms with Crippen LogP contribution in [0.5, 0.6) is 5.75 Å². The first kappa shape index (κ1) is 15.2. The Kier molecular flexibility index (Phi) is 5.79. The zero-order valence-electron chi connectivity index (χ0n) is 9.93. The Bertz CT molecular complexity index is 329. The summed E-state index contributed by atoms with van der Waals surface area (Å²) in [6, 6.07) is 7.44. The number of methoxy groups -OCH3 is 1. The molecule has 0 aromatic heterocycles. The predicted octanol–water partition coefficient (Wildman–Crippen LogP) is 2.14. The minimum atomic E-state index is -0.327. The predicted molar refractivity (Wildman–Crippen MR) is 68.0 cm³/mol. The average Bonchev–Trinajstić information content (AvgIpc) is 2.28. The van der Waals surface area contributed by atoms with Crippen LogP contribution in [0.1, 0.15) is 25.5 Å². The van der Waals surface area contributed by atoms with Gasteiger partial charge in [0.2, 0.25) is 0 Å². The van der Waals surface area contributed by atoms with Crippen molar-refractivity contribution in [1.82, 2.24) is 0 Å². The first-order valence-corrected chi connectivity index (χ1v) is 5.01. The number of halogens is 1. The standard InChI is InChI=1S/C12H19NO2.ClH/c1-12(2,8-14)11(13)9-5-4-6-10(7-9)15-3;/h4-7,11,14H,8,13H2,1-3H3;1H/t11-;/m0./s1. The van der Waals surface area contributed by atoms with Crippen molar-refractivity contribution in [2.45, 2.75) is 19.9 Å². The highest BCUT2D eigenvalue weighted by molar-refractivity contribution is 5.85. The third-order valence-electron chi connectivity index (χ3n) is 2.70. The molecule has 0 saturated carbocycles. The minimum Gasteiger partial charge on any atom is -0.497 e. The van der Waals surface area contributed by atoms with Crippen molar-refractivity contribution in [3.05, 3.63) is 29.8 Å². The first-order chi connectivity index (χ1) is 7.01. The van der Waals surface area contributed by atoms with Gasteiger partial charge in [-0.1, -0.05) is 26.0 Å². The molecule has 0 radical (unpaired) electrons. The number of rotatable bonds is 4. The number of ether oxygens (including phenoxy) is 1. The molecule has 3 N–H and O–H groups in total. The molecule has 0 saturated heterocycles. The summed E-state index contributed by atoms with van der Waals surface area (Å²) in [6.45, 7) is 3.94. The summed E-state index contributed by atoms with van der Waals surface area (Å²) in [5.74, 6) is 0.789. The van der Waals surface area contributed by atoms with E-state index in [2.05, 4.69) is 0 Å². The summed E-state index contributed by atoms with van der Waals surface area (Å²) in [7, 11) is 1.63. The van der Waals surface area contributed by atoms with Crippen molar-refractivity contribution in [3.8, 4) is 5.75 Å². The van der Waals surface area contributed by atoms with Gasteiger partial charge in [-0.05, 0) is 17.7 Å². The number of benzene rings is 1. The molecular weight excluding hydrogens is 226 g/mol. The molecule has 0 amide bonds. The third kappa shape index (κ3) is 3.37. The second-order valence-corrected chi connectivity index (χ2v) is 4.40. The molecule has 0 spiro atoms. The Balaban J connectivity index is 0.00000225. The fourth-order valence-electron chi connectivity index (χ4n) is 1.38. The molecule has 92 valence electrons. The highest BCUT2D eigenvalue weighted by Gasteiger charge is 2.26. The summed E-state index contributed by atoms with van der Waals surface area (Å²) >= 11 is 0. The minimum absolute atomic E-state index is 0. The van der Waals surface area contributed by atoms with Crippen LogP contribution in [0, 0.1) is 5.41 Å². The van der Waals surface area contributed by atoms with Crippen molar-refractivity contribution in [3.63, 3.8) is 0 Å². The lowest BCUT2D eigenvalue weighted by molar-refractivity contribution is 0.132. The molecule has 0 heterocycles. The molecule has 4 heteroatoms. The number of nitrogens with two attached hydrogens (primary N) is 1. The van der Waals surface area contributed by atoms with E-state index in [0.717, 1.165) is 11.3 Å². The average molecular weight is 246 g/mol. The van der Waals surface area contributed by atoms with Crippen LogP contribution < -0.4 is 10.5 Å². The van der Waals surface area contributed by atoms with E-state index in [1.807, 2.05) is 38.1 Å². The highest BCUT2D eigenvalue weighted by atomic mass is 35.5. The van der Waals surface area contributed by atoms with E-state index < -0.39 is 0 Å². The zero-order valence-corrected chi connectivity index (χ0v) is 10.8. The van der Waals surface area contributed by atoms with Gasteiger partial charge in [-0.25, -0.2) is 0 Å². The molecule has 1 rings (SSSR count). The molecule has 1 aromatic carbocycles. The Hall–Kier alpha value is -0.770. The normalized spacial score (nSPS) is 12.8. The molecule has 1 aromatic rings. The van der Waals surface area contributed by atoms with E-state index in [4.69, 9.17) is 10.5 Å². The fraction of sp³-hybridized carbons (Fsp3) is 0.500. The maximum atomic E-state index is 9.24. The second-order valence-electron chi connectivity index (χ2n) is 4.40. The van der Waals surface area contributed by atoms with Crippen molar-refractivity contribution in [2.75, 3.05) is 13.7 Å². The molecule has 0 aliphatic rings. The van der Waals surface area contributed by atoms with Crippen LogP contribution in [-0.2, 0) is 0 Å². The van der Waals surface area contributed by atoms with Crippen molar-refractivity contribution < 1.29 is 9.84 Å². The van der Waals surface area contributed by atoms with Crippen molar-refractivity contribution in [1.29, 1.82) is 0 Å². The van der Waals surface area contributed by atoms with E-state index in [9.17, 15) is 5.11 Å². The Morgan fingerprint density at radius 1 is 1.44 bits per heavy atom. The molecule has 0 aliphatic heterocycles. The molecule has 0 unspecified atom stereocenters. The Morgan fingerprint density at radius 2 is 2.06 bits per heavy atom. The van der Waals surface area contributed by atoms with Gasteiger partial charge < -0.3 is 15.6 Å². The van der Waals surface area contributed by atoms with Crippen LogP contribution in [0.2, 0.25) is 0 Å². The summed E-state index contributed by atoms with van der Waals surface area (Å²) in [5, 5.41) is 9.24. The van der Waals surface area contributed by atoms with Gasteiger partial charge in [-0.15, -0.1) is 12.4 Å². The lowest BCUT2D eigenvalue weighted by Crippen LogP contribution is -2.32. The van der Waals surface area contributed by atoms with Crippen LogP contribution >= 0.6 is 12.4 Å². The lowest BCUT2D eigenvalue weighted by Gasteiger charge is -2.29. The molecule has 0 bridgehead atoms. The monoisotopic (exact) mass is 245 g/mol. The number of aliphatic hydroxyl groups is 1. The van der Waals surface area contributed by atoms with Gasteiger partial charge in [0.25, 0.3) is 0 Å². The van der Waals surface area contributed by atoms with Crippen molar-refractivity contribution >= 4 is 12.4 Å². The van der Waals surface area contributed by atoms with Gasteiger partial charge in [-0.3, -0.25) is 0 Å². The molecular formula is C12H20ClNO2. The number of hydrogen-bond donors (Lipinski definition) is 2. The van der Waals surface area contributed by atoms with E-state index in [0.29, 0.717) is 0 Å². The van der Waals surface area contributed by atoms with Gasteiger partial charge in [0, 0.05) is 18.1 Å². The van der Waals surface area contributed by atoms with E-state index in [1.54, 1.807) is 7.11 Å². The summed E-state index contributed by atoms with van der Waals surface area (Å²) in [4.78, 5) is 0. The lowest BCUT2D eigenvalue weighted by atomic mass is 9.82. The van der Waals surface area contributed by atoms with Crippen LogP contribution in [0.3, 0.4) is 0 Å². The molecule has 0 fully saturated rings. The van der Waals surface area contributed by atoms with E-state index >= 15 is 0 Å².